The monoisotopic (exact) mass is 394 g/mol. The highest BCUT2D eigenvalue weighted by atomic mass is 32.2. The zero-order valence-electron chi connectivity index (χ0n) is 14.7. The van der Waals surface area contributed by atoms with Gasteiger partial charge in [0, 0.05) is 51.5 Å². The van der Waals surface area contributed by atoms with E-state index in [0.717, 1.165) is 10.6 Å². The highest BCUT2D eigenvalue weighted by Crippen LogP contribution is 2.38. The Balaban J connectivity index is 1.41. The first-order valence-electron chi connectivity index (χ1n) is 8.73. The van der Waals surface area contributed by atoms with Crippen molar-refractivity contribution in [1.82, 2.24) is 28.5 Å². The summed E-state index contributed by atoms with van der Waals surface area (Å²) in [5.74, 6) is 1.61. The van der Waals surface area contributed by atoms with E-state index in [9.17, 15) is 8.42 Å². The maximum absolute atomic E-state index is 12.7. The molecule has 2 aliphatic rings. The van der Waals surface area contributed by atoms with E-state index < -0.39 is 10.0 Å². The van der Waals surface area contributed by atoms with Crippen LogP contribution in [0.1, 0.15) is 24.6 Å². The molecule has 2 aromatic rings. The van der Waals surface area contributed by atoms with Crippen molar-refractivity contribution in [1.29, 1.82) is 0 Å². The average molecular weight is 395 g/mol. The Morgan fingerprint density at radius 2 is 1.96 bits per heavy atom. The first-order chi connectivity index (χ1) is 12.5. The lowest BCUT2D eigenvalue weighted by Crippen LogP contribution is -2.48. The summed E-state index contributed by atoms with van der Waals surface area (Å²) in [6.45, 7) is 2.80. The molecule has 0 aromatic carbocycles. The molecule has 140 valence electrons. The minimum Gasteiger partial charge on any atom is -0.307 e. The smallest absolute Gasteiger partial charge is 0.244 e. The SMILES string of the molecule is Cn1c(C2CC2)nn(CN2CCN(S(=O)(=O)c3cccnc3)CC2)c1=S. The fourth-order valence-electron chi connectivity index (χ4n) is 3.24. The summed E-state index contributed by atoms with van der Waals surface area (Å²) in [6, 6.07) is 3.23. The van der Waals surface area contributed by atoms with Crippen molar-refractivity contribution in [3.8, 4) is 0 Å². The number of nitrogens with zero attached hydrogens (tertiary/aromatic N) is 6. The van der Waals surface area contributed by atoms with E-state index in [0.29, 0.717) is 38.8 Å². The molecule has 0 radical (unpaired) electrons. The highest BCUT2D eigenvalue weighted by Gasteiger charge is 2.31. The Labute approximate surface area is 158 Å². The molecule has 1 aliphatic carbocycles. The molecule has 1 saturated carbocycles. The Bertz CT molecular complexity index is 941. The quantitative estimate of drug-likeness (QED) is 0.709. The van der Waals surface area contributed by atoms with Crippen molar-refractivity contribution < 1.29 is 8.42 Å². The normalized spacial score (nSPS) is 19.7. The van der Waals surface area contributed by atoms with Crippen molar-refractivity contribution >= 4 is 22.2 Å². The lowest BCUT2D eigenvalue weighted by atomic mass is 10.4. The van der Waals surface area contributed by atoms with Crippen LogP contribution in [0, 0.1) is 4.77 Å². The molecule has 0 unspecified atom stereocenters. The molecule has 8 nitrogen and oxygen atoms in total. The van der Waals surface area contributed by atoms with Gasteiger partial charge in [0.25, 0.3) is 0 Å². The highest BCUT2D eigenvalue weighted by molar-refractivity contribution is 7.89. The molecule has 0 spiro atoms. The molecule has 0 bridgehead atoms. The number of piperazine rings is 1. The van der Waals surface area contributed by atoms with Crippen LogP contribution in [-0.4, -0.2) is 63.1 Å². The van der Waals surface area contributed by atoms with Crippen LogP contribution in [0.25, 0.3) is 0 Å². The van der Waals surface area contributed by atoms with Gasteiger partial charge in [-0.1, -0.05) is 0 Å². The van der Waals surface area contributed by atoms with Crippen LogP contribution < -0.4 is 0 Å². The van der Waals surface area contributed by atoms with Crippen LogP contribution in [0.4, 0.5) is 0 Å². The van der Waals surface area contributed by atoms with E-state index in [4.69, 9.17) is 12.2 Å². The van der Waals surface area contributed by atoms with Crippen LogP contribution in [0.15, 0.2) is 29.4 Å². The van der Waals surface area contributed by atoms with Gasteiger partial charge in [0.2, 0.25) is 10.0 Å². The van der Waals surface area contributed by atoms with E-state index in [1.54, 1.807) is 18.3 Å². The Morgan fingerprint density at radius 1 is 1.23 bits per heavy atom. The predicted octanol–water partition coefficient (Wildman–Crippen LogP) is 1.19. The molecular formula is C16H22N6O2S2. The number of hydrogen-bond acceptors (Lipinski definition) is 6. The van der Waals surface area contributed by atoms with Gasteiger partial charge in [0.1, 0.15) is 10.7 Å². The lowest BCUT2D eigenvalue weighted by Gasteiger charge is -2.33. The van der Waals surface area contributed by atoms with Crippen molar-refractivity contribution in [2.24, 2.45) is 7.05 Å². The third-order valence-electron chi connectivity index (χ3n) is 4.95. The first kappa shape index (κ1) is 17.8. The molecule has 26 heavy (non-hydrogen) atoms. The average Bonchev–Trinajstić information content (AvgIpc) is 3.46. The van der Waals surface area contributed by atoms with Crippen molar-refractivity contribution in [2.45, 2.75) is 30.3 Å². The summed E-state index contributed by atoms with van der Waals surface area (Å²) in [6.07, 6.45) is 5.34. The number of aromatic nitrogens is 4. The molecule has 4 rings (SSSR count). The second kappa shape index (κ2) is 6.84. The van der Waals surface area contributed by atoms with Crippen LogP contribution in [0.3, 0.4) is 0 Å². The van der Waals surface area contributed by atoms with Gasteiger partial charge in [0.15, 0.2) is 4.77 Å². The molecular weight excluding hydrogens is 372 g/mol. The minimum atomic E-state index is -3.48. The molecule has 1 saturated heterocycles. The van der Waals surface area contributed by atoms with Crippen LogP contribution in [0.5, 0.6) is 0 Å². The maximum Gasteiger partial charge on any atom is 0.244 e. The molecule has 1 aliphatic heterocycles. The fraction of sp³-hybridized carbons (Fsp3) is 0.562. The Hall–Kier alpha value is -1.62. The molecule has 3 heterocycles. The second-order valence-corrected chi connectivity index (χ2v) is 9.13. The lowest BCUT2D eigenvalue weighted by molar-refractivity contribution is 0.144. The van der Waals surface area contributed by atoms with Crippen LogP contribution in [-0.2, 0) is 23.7 Å². The standard InChI is InChI=1S/C16H22N6O2S2/c1-19-15(13-4-5-13)18-22(16(19)25)12-20-7-9-21(10-8-20)26(23,24)14-3-2-6-17-11-14/h2-3,6,11,13H,4-5,7-10,12H2,1H3. The van der Waals surface area contributed by atoms with Gasteiger partial charge in [-0.3, -0.25) is 9.88 Å². The van der Waals surface area contributed by atoms with Crippen LogP contribution >= 0.6 is 12.2 Å². The predicted molar refractivity (Wildman–Crippen MR) is 98.6 cm³/mol. The van der Waals surface area contributed by atoms with Gasteiger partial charge in [-0.05, 0) is 37.2 Å². The van der Waals surface area contributed by atoms with E-state index >= 15 is 0 Å². The third kappa shape index (κ3) is 3.34. The van der Waals surface area contributed by atoms with E-state index in [1.807, 2.05) is 16.3 Å². The molecule has 0 atom stereocenters. The summed E-state index contributed by atoms with van der Waals surface area (Å²) >= 11 is 5.50. The molecule has 2 fully saturated rings. The van der Waals surface area contributed by atoms with Gasteiger partial charge in [-0.15, -0.1) is 0 Å². The van der Waals surface area contributed by atoms with Gasteiger partial charge in [-0.2, -0.15) is 9.40 Å². The molecule has 2 aromatic heterocycles. The fourth-order valence-corrected chi connectivity index (χ4v) is 4.82. The largest absolute Gasteiger partial charge is 0.307 e. The summed E-state index contributed by atoms with van der Waals surface area (Å²) in [5, 5.41) is 4.67. The second-order valence-electron chi connectivity index (χ2n) is 6.83. The van der Waals surface area contributed by atoms with Gasteiger partial charge in [-0.25, -0.2) is 13.1 Å². The maximum atomic E-state index is 12.7. The van der Waals surface area contributed by atoms with Gasteiger partial charge in [0.05, 0.1) is 6.67 Å². The van der Waals surface area contributed by atoms with Crippen LogP contribution in [0.2, 0.25) is 0 Å². The Kier molecular flexibility index (Phi) is 4.68. The number of rotatable bonds is 5. The summed E-state index contributed by atoms with van der Waals surface area (Å²) in [7, 11) is -1.50. The molecule has 10 heteroatoms. The van der Waals surface area contributed by atoms with E-state index in [1.165, 1.54) is 23.3 Å². The van der Waals surface area contributed by atoms with E-state index in [2.05, 4.69) is 15.0 Å². The van der Waals surface area contributed by atoms with Gasteiger partial charge >= 0.3 is 0 Å². The number of hydrogen-bond donors (Lipinski definition) is 0. The summed E-state index contributed by atoms with van der Waals surface area (Å²) in [5.41, 5.74) is 0. The Morgan fingerprint density at radius 3 is 2.58 bits per heavy atom. The first-order valence-corrected chi connectivity index (χ1v) is 10.6. The van der Waals surface area contributed by atoms with Gasteiger partial charge < -0.3 is 4.57 Å². The molecule has 0 N–H and O–H groups in total. The van der Waals surface area contributed by atoms with Crippen molar-refractivity contribution in [2.75, 3.05) is 26.2 Å². The summed E-state index contributed by atoms with van der Waals surface area (Å²) < 4.78 is 31.4. The third-order valence-corrected chi connectivity index (χ3v) is 7.32. The summed E-state index contributed by atoms with van der Waals surface area (Å²) in [4.78, 5) is 6.35. The molecule has 0 amide bonds. The minimum absolute atomic E-state index is 0.245. The van der Waals surface area contributed by atoms with Crippen molar-refractivity contribution in [3.05, 3.63) is 35.1 Å². The number of pyridine rings is 1. The zero-order valence-corrected chi connectivity index (χ0v) is 16.3. The zero-order chi connectivity index (χ0) is 18.3. The topological polar surface area (TPSA) is 76.3 Å². The number of sulfonamides is 1. The van der Waals surface area contributed by atoms with Crippen molar-refractivity contribution in [3.63, 3.8) is 0 Å². The van der Waals surface area contributed by atoms with E-state index in [-0.39, 0.29) is 4.90 Å².